The van der Waals surface area contributed by atoms with E-state index in [4.69, 9.17) is 32.7 Å². The van der Waals surface area contributed by atoms with Gasteiger partial charge in [-0.05, 0) is 98.5 Å². The smallest absolute Gasteiger partial charge is 0.387 e. The number of sulfonamides is 1. The van der Waals surface area contributed by atoms with E-state index in [0.717, 1.165) is 57.2 Å². The molecule has 3 N–H and O–H groups in total. The van der Waals surface area contributed by atoms with E-state index < -0.39 is 58.9 Å². The minimum atomic E-state index is -4.47. The van der Waals surface area contributed by atoms with Crippen LogP contribution in [0.1, 0.15) is 64.7 Å². The highest BCUT2D eigenvalue weighted by atomic mass is 35.5. The molecule has 4 aromatic rings. The van der Waals surface area contributed by atoms with Crippen molar-refractivity contribution >= 4 is 51.1 Å². The van der Waals surface area contributed by atoms with Crippen molar-refractivity contribution in [1.29, 1.82) is 0 Å². The first kappa shape index (κ1) is 45.0. The van der Waals surface area contributed by atoms with Gasteiger partial charge in [-0.25, -0.2) is 13.2 Å². The lowest BCUT2D eigenvalue weighted by Gasteiger charge is -2.44. The molecule has 4 atom stereocenters. The number of pyridine rings is 1. The minimum Gasteiger partial charge on any atom is -0.619 e. The molecule has 1 aromatic heterocycles. The Hall–Kier alpha value is -5.07. The predicted octanol–water partition coefficient (Wildman–Crippen LogP) is 6.13. The monoisotopic (exact) mass is 916 g/mol. The van der Waals surface area contributed by atoms with Crippen molar-refractivity contribution in [2.75, 3.05) is 32.8 Å². The van der Waals surface area contributed by atoms with E-state index in [-0.39, 0.29) is 74.1 Å². The van der Waals surface area contributed by atoms with Gasteiger partial charge in [-0.1, -0.05) is 65.7 Å². The van der Waals surface area contributed by atoms with Gasteiger partial charge in [-0.3, -0.25) is 14.5 Å². The number of hydrogen-bond acceptors (Lipinski definition) is 10. The Balaban J connectivity index is 1.12. The summed E-state index contributed by atoms with van der Waals surface area (Å²) in [5, 5.41) is 25.1. The number of nitrogens with zero attached hydrogens (tertiary/aromatic N) is 2. The van der Waals surface area contributed by atoms with Crippen LogP contribution in [-0.4, -0.2) is 81.8 Å². The zero-order valence-corrected chi connectivity index (χ0v) is 35.5. The van der Waals surface area contributed by atoms with Gasteiger partial charge in [-0.15, -0.1) is 0 Å². The number of esters is 1. The second-order valence-electron chi connectivity index (χ2n) is 15.7. The van der Waals surface area contributed by atoms with Crippen molar-refractivity contribution in [3.8, 4) is 11.5 Å². The number of aromatic nitrogens is 1. The number of carboxylic acids is 1. The molecule has 3 saturated heterocycles. The Morgan fingerprint density at radius 2 is 1.63 bits per heavy atom. The molecule has 2 bridgehead atoms. The SMILES string of the molecule is O=C(NCC(C(=O)O)[C@H](Cc1c(Cl)c[n+]([O-])cc1Cl)c1ccc(OC(F)F)c(OCC2CC2)c1)c1cccc(S(=O)(=O)NC(C(=O)O[C@H]2CN3CCC2CC3)c2ccccc2)c1. The number of carboxylic acid groups (broad SMARTS) is 1. The summed E-state index contributed by atoms with van der Waals surface area (Å²) in [4.78, 5) is 42.3. The lowest BCUT2D eigenvalue weighted by atomic mass is 9.81. The number of carbonyl (C=O) groups excluding carboxylic acids is 2. The Morgan fingerprint density at radius 1 is 0.919 bits per heavy atom. The molecule has 330 valence electrons. The molecule has 1 saturated carbocycles. The second-order valence-corrected chi connectivity index (χ2v) is 18.2. The van der Waals surface area contributed by atoms with Crippen LogP contribution in [0.25, 0.3) is 0 Å². The zero-order valence-electron chi connectivity index (χ0n) is 33.1. The van der Waals surface area contributed by atoms with Crippen molar-refractivity contribution in [2.24, 2.45) is 17.8 Å². The van der Waals surface area contributed by atoms with Crippen molar-refractivity contribution < 1.29 is 55.6 Å². The van der Waals surface area contributed by atoms with E-state index in [1.807, 2.05) is 0 Å². The third kappa shape index (κ3) is 11.1. The number of hydrogen-bond donors (Lipinski definition) is 3. The molecule has 4 aliphatic rings. The predicted molar refractivity (Wildman–Crippen MR) is 222 cm³/mol. The fourth-order valence-corrected chi connectivity index (χ4v) is 9.70. The molecule has 4 heterocycles. The van der Waals surface area contributed by atoms with Crippen molar-refractivity contribution in [2.45, 2.75) is 61.7 Å². The van der Waals surface area contributed by atoms with E-state index in [0.29, 0.717) is 16.8 Å². The first-order valence-electron chi connectivity index (χ1n) is 20.0. The molecule has 3 aromatic carbocycles. The maximum Gasteiger partial charge on any atom is 0.387 e. The molecule has 3 aliphatic heterocycles. The fourth-order valence-electron chi connectivity index (χ4n) is 7.88. The van der Waals surface area contributed by atoms with E-state index in [1.54, 1.807) is 30.3 Å². The highest BCUT2D eigenvalue weighted by molar-refractivity contribution is 7.89. The third-order valence-corrected chi connectivity index (χ3v) is 13.5. The number of nitrogens with one attached hydrogen (secondary N) is 2. The van der Waals surface area contributed by atoms with Crippen molar-refractivity contribution in [1.82, 2.24) is 14.9 Å². The highest BCUT2D eigenvalue weighted by Gasteiger charge is 2.39. The number of aliphatic carboxylic acids is 1. The topological polar surface area (TPSA) is 188 Å². The summed E-state index contributed by atoms with van der Waals surface area (Å²) in [5.74, 6) is -5.38. The summed E-state index contributed by atoms with van der Waals surface area (Å²) in [6.07, 6.45) is 5.06. The Labute approximate surface area is 366 Å². The molecule has 62 heavy (non-hydrogen) atoms. The maximum atomic E-state index is 13.9. The Morgan fingerprint density at radius 3 is 2.26 bits per heavy atom. The van der Waals surface area contributed by atoms with Gasteiger partial charge in [0.05, 0.1) is 17.4 Å². The number of piperidine rings is 3. The van der Waals surface area contributed by atoms with E-state index in [2.05, 4.69) is 19.7 Å². The number of ether oxygens (including phenoxy) is 3. The van der Waals surface area contributed by atoms with Gasteiger partial charge in [0.25, 0.3) is 5.91 Å². The molecule has 4 fully saturated rings. The minimum absolute atomic E-state index is 0.0519. The number of fused-ring (bicyclic) bond motifs is 3. The molecule has 19 heteroatoms. The number of alkyl halides is 2. The lowest BCUT2D eigenvalue weighted by molar-refractivity contribution is -0.605. The van der Waals surface area contributed by atoms with Crippen LogP contribution in [-0.2, 0) is 30.8 Å². The normalized spacial score (nSPS) is 19.9. The quantitative estimate of drug-likeness (QED) is 0.0558. The molecule has 0 spiro atoms. The number of benzene rings is 3. The van der Waals surface area contributed by atoms with E-state index in [1.165, 1.54) is 36.4 Å². The summed E-state index contributed by atoms with van der Waals surface area (Å²) in [5.41, 5.74) is 0.708. The Bertz CT molecular complexity index is 2360. The van der Waals surface area contributed by atoms with E-state index >= 15 is 0 Å². The molecule has 1 aliphatic carbocycles. The summed E-state index contributed by atoms with van der Waals surface area (Å²) in [6.45, 7) is -1.07. The summed E-state index contributed by atoms with van der Waals surface area (Å²) in [6, 6.07) is 15.9. The van der Waals surface area contributed by atoms with Crippen molar-refractivity contribution in [3.05, 3.63) is 123 Å². The van der Waals surface area contributed by atoms with Gasteiger partial charge in [0.15, 0.2) is 23.9 Å². The van der Waals surface area contributed by atoms with Gasteiger partial charge in [-0.2, -0.15) is 18.2 Å². The molecule has 0 radical (unpaired) electrons. The third-order valence-electron chi connectivity index (χ3n) is 11.5. The first-order chi connectivity index (χ1) is 29.6. The molecule has 8 rings (SSSR count). The van der Waals surface area contributed by atoms with Crippen LogP contribution < -0.4 is 24.2 Å². The standard InChI is InChI=1S/C43H44Cl2F2N4O10S/c44-34-21-51(56)22-35(45)32(34)19-31(28-11-12-36(61-43(46)47)37(18-28)59-24-25-9-10-25)33(41(53)54)20-48-40(52)29-7-4-8-30(17-29)62(57,58)49-39(27-5-2-1-3-6-27)42(55)60-38-23-50-15-13-26(38)14-16-50/h1-8,11-12,17-18,21-22,25-26,31,33,38-39,43,49H,9-10,13-16,19-20,23-24H2,(H,48,52)(H,53,54)/t31-,33?,38+,39?/m1/s1. The van der Waals surface area contributed by atoms with Gasteiger partial charge in [0, 0.05) is 30.1 Å². The molecule has 2 unspecified atom stereocenters. The maximum absolute atomic E-state index is 13.9. The van der Waals surface area contributed by atoms with E-state index in [9.17, 15) is 41.9 Å². The van der Waals surface area contributed by atoms with Crippen LogP contribution in [0.3, 0.4) is 0 Å². The Kier molecular flexibility index (Phi) is 14.2. The number of rotatable bonds is 19. The number of halogens is 4. The highest BCUT2D eigenvalue weighted by Crippen LogP contribution is 2.40. The number of carbonyl (C=O) groups is 3. The first-order valence-corrected chi connectivity index (χ1v) is 22.3. The van der Waals surface area contributed by atoms with Crippen LogP contribution in [0.15, 0.2) is 90.1 Å². The molecular weight excluding hydrogens is 873 g/mol. The van der Waals surface area contributed by atoms with Gasteiger partial charge < -0.3 is 29.8 Å². The van der Waals surface area contributed by atoms with Crippen LogP contribution in [0.5, 0.6) is 11.5 Å². The largest absolute Gasteiger partial charge is 0.619 e. The van der Waals surface area contributed by atoms with Crippen LogP contribution >= 0.6 is 23.2 Å². The zero-order chi connectivity index (χ0) is 44.1. The fraction of sp³-hybridized carbons (Fsp3) is 0.395. The van der Waals surface area contributed by atoms with Gasteiger partial charge in [0.1, 0.15) is 22.2 Å². The average molecular weight is 918 g/mol. The second kappa shape index (κ2) is 19.5. The van der Waals surface area contributed by atoms with Crippen molar-refractivity contribution in [3.63, 3.8) is 0 Å². The molecule has 1 amide bonds. The van der Waals surface area contributed by atoms with Gasteiger partial charge in [0.2, 0.25) is 10.0 Å². The summed E-state index contributed by atoms with van der Waals surface area (Å²) in [7, 11) is -4.47. The van der Waals surface area contributed by atoms with Crippen LogP contribution in [0.2, 0.25) is 10.0 Å². The molecule has 14 nitrogen and oxygen atoms in total. The number of amides is 1. The lowest BCUT2D eigenvalue weighted by Crippen LogP contribution is -2.52. The van der Waals surface area contributed by atoms with Crippen LogP contribution in [0, 0.1) is 23.0 Å². The van der Waals surface area contributed by atoms with Gasteiger partial charge >= 0.3 is 18.6 Å². The summed E-state index contributed by atoms with van der Waals surface area (Å²) >= 11 is 12.8. The van der Waals surface area contributed by atoms with Crippen LogP contribution in [0.4, 0.5) is 8.78 Å². The molecular formula is C43H44Cl2F2N4O10S. The summed E-state index contributed by atoms with van der Waals surface area (Å²) < 4.78 is 73.9. The average Bonchev–Trinajstić information content (AvgIpc) is 4.08.